The van der Waals surface area contributed by atoms with Crippen LogP contribution < -0.4 is 10.2 Å². The molecule has 2 aliphatic rings. The molecule has 1 N–H and O–H groups in total. The van der Waals surface area contributed by atoms with Crippen LogP contribution in [0.2, 0.25) is 0 Å². The van der Waals surface area contributed by atoms with Crippen molar-refractivity contribution in [2.75, 3.05) is 57.3 Å². The molecule has 7 nitrogen and oxygen atoms in total. The SMILES string of the molecule is O=C(NCCCC(=O)N1CCCC(CN2CCN(c3ccccn3)CC2)C1)c1ccc(F)cc1. The minimum atomic E-state index is -0.367. The fourth-order valence-electron chi connectivity index (χ4n) is 4.81. The van der Waals surface area contributed by atoms with Gasteiger partial charge in [0.1, 0.15) is 11.6 Å². The lowest BCUT2D eigenvalue weighted by molar-refractivity contribution is -0.133. The van der Waals surface area contributed by atoms with Gasteiger partial charge in [0.25, 0.3) is 5.91 Å². The Kier molecular flexibility index (Phi) is 8.46. The summed E-state index contributed by atoms with van der Waals surface area (Å²) < 4.78 is 13.0. The lowest BCUT2D eigenvalue weighted by Gasteiger charge is -2.39. The molecule has 1 aromatic carbocycles. The van der Waals surface area contributed by atoms with Crippen molar-refractivity contribution >= 4 is 17.6 Å². The van der Waals surface area contributed by atoms with Gasteiger partial charge < -0.3 is 15.1 Å². The van der Waals surface area contributed by atoms with E-state index in [-0.39, 0.29) is 17.6 Å². The summed E-state index contributed by atoms with van der Waals surface area (Å²) in [6, 6.07) is 11.5. The van der Waals surface area contributed by atoms with E-state index < -0.39 is 0 Å². The first-order valence-electron chi connectivity index (χ1n) is 12.3. The number of halogens is 1. The fraction of sp³-hybridized carbons (Fsp3) is 0.500. The molecule has 2 fully saturated rings. The number of piperidine rings is 1. The highest BCUT2D eigenvalue weighted by Gasteiger charge is 2.26. The monoisotopic (exact) mass is 467 g/mol. The van der Waals surface area contributed by atoms with E-state index in [1.165, 1.54) is 24.3 Å². The third-order valence-corrected chi connectivity index (χ3v) is 6.69. The smallest absolute Gasteiger partial charge is 0.251 e. The molecule has 34 heavy (non-hydrogen) atoms. The molecule has 1 atom stereocenters. The Bertz CT molecular complexity index is 932. The Morgan fingerprint density at radius 1 is 1.03 bits per heavy atom. The molecule has 2 aromatic rings. The van der Waals surface area contributed by atoms with E-state index in [1.54, 1.807) is 0 Å². The quantitative estimate of drug-likeness (QED) is 0.605. The molecular formula is C26H34FN5O2. The van der Waals surface area contributed by atoms with Gasteiger partial charge in [-0.1, -0.05) is 6.07 Å². The van der Waals surface area contributed by atoms with Crippen molar-refractivity contribution in [2.45, 2.75) is 25.7 Å². The molecule has 0 radical (unpaired) electrons. The van der Waals surface area contributed by atoms with Gasteiger partial charge in [-0.05, 0) is 61.6 Å². The Morgan fingerprint density at radius 3 is 2.56 bits per heavy atom. The number of pyridine rings is 1. The molecule has 1 unspecified atom stereocenters. The molecule has 0 aliphatic carbocycles. The fourth-order valence-corrected chi connectivity index (χ4v) is 4.81. The molecule has 3 heterocycles. The second-order valence-corrected chi connectivity index (χ2v) is 9.19. The maximum atomic E-state index is 13.0. The summed E-state index contributed by atoms with van der Waals surface area (Å²) in [5, 5.41) is 2.81. The number of piperazine rings is 1. The number of rotatable bonds is 8. The van der Waals surface area contributed by atoms with Crippen LogP contribution in [0, 0.1) is 11.7 Å². The molecule has 0 spiro atoms. The number of nitrogens with one attached hydrogen (secondary N) is 1. The van der Waals surface area contributed by atoms with E-state index in [0.717, 1.165) is 64.5 Å². The number of aromatic nitrogens is 1. The molecule has 0 saturated carbocycles. The van der Waals surface area contributed by atoms with Crippen molar-refractivity contribution < 1.29 is 14.0 Å². The summed E-state index contributed by atoms with van der Waals surface area (Å²) in [6.45, 7) is 7.12. The predicted molar refractivity (Wildman–Crippen MR) is 130 cm³/mol. The van der Waals surface area contributed by atoms with Crippen LogP contribution in [0.5, 0.6) is 0 Å². The summed E-state index contributed by atoms with van der Waals surface area (Å²) in [5.74, 6) is 1.12. The Morgan fingerprint density at radius 2 is 1.82 bits per heavy atom. The zero-order valence-electron chi connectivity index (χ0n) is 19.7. The summed E-state index contributed by atoms with van der Waals surface area (Å²) >= 11 is 0. The minimum absolute atomic E-state index is 0.167. The first kappa shape index (κ1) is 24.1. The predicted octanol–water partition coefficient (Wildman–Crippen LogP) is 2.79. The Balaban J connectivity index is 1.14. The lowest BCUT2D eigenvalue weighted by Crippen LogP contribution is -2.50. The first-order valence-corrected chi connectivity index (χ1v) is 12.3. The zero-order valence-corrected chi connectivity index (χ0v) is 19.7. The van der Waals surface area contributed by atoms with Crippen LogP contribution in [0.25, 0.3) is 0 Å². The highest BCUT2D eigenvalue weighted by atomic mass is 19.1. The number of carbonyl (C=O) groups excluding carboxylic acids is 2. The molecule has 1 aromatic heterocycles. The standard InChI is InChI=1S/C26H34FN5O2/c27-23-10-8-22(9-11-23)26(34)29-13-3-7-25(33)32-14-4-5-21(20-32)19-30-15-17-31(18-16-30)24-6-1-2-12-28-24/h1-2,6,8-12,21H,3-5,7,13-20H2,(H,29,34). The van der Waals surface area contributed by atoms with Gasteiger partial charge in [-0.2, -0.15) is 0 Å². The van der Waals surface area contributed by atoms with Gasteiger partial charge in [-0.25, -0.2) is 9.37 Å². The van der Waals surface area contributed by atoms with Crippen molar-refractivity contribution in [3.8, 4) is 0 Å². The summed E-state index contributed by atoms with van der Waals surface area (Å²) in [5.41, 5.74) is 0.424. The van der Waals surface area contributed by atoms with Crippen molar-refractivity contribution in [2.24, 2.45) is 5.92 Å². The van der Waals surface area contributed by atoms with Gasteiger partial charge >= 0.3 is 0 Å². The lowest BCUT2D eigenvalue weighted by atomic mass is 9.96. The van der Waals surface area contributed by atoms with Gasteiger partial charge in [0, 0.05) is 70.5 Å². The van der Waals surface area contributed by atoms with E-state index in [0.29, 0.717) is 30.9 Å². The molecule has 2 saturated heterocycles. The van der Waals surface area contributed by atoms with Crippen molar-refractivity contribution in [3.05, 3.63) is 60.0 Å². The van der Waals surface area contributed by atoms with Gasteiger partial charge in [0.15, 0.2) is 0 Å². The second-order valence-electron chi connectivity index (χ2n) is 9.19. The van der Waals surface area contributed by atoms with Crippen LogP contribution in [0.15, 0.2) is 48.7 Å². The maximum absolute atomic E-state index is 13.0. The normalized spacial score (nSPS) is 19.1. The summed E-state index contributed by atoms with van der Waals surface area (Å²) in [7, 11) is 0. The van der Waals surface area contributed by atoms with E-state index in [9.17, 15) is 14.0 Å². The summed E-state index contributed by atoms with van der Waals surface area (Å²) in [6.07, 6.45) is 5.08. The number of hydrogen-bond donors (Lipinski definition) is 1. The molecule has 8 heteroatoms. The number of benzene rings is 1. The number of hydrogen-bond acceptors (Lipinski definition) is 5. The van der Waals surface area contributed by atoms with Gasteiger partial charge in [0.2, 0.25) is 5.91 Å². The van der Waals surface area contributed by atoms with E-state index in [4.69, 9.17) is 0 Å². The van der Waals surface area contributed by atoms with E-state index >= 15 is 0 Å². The molecule has 2 aliphatic heterocycles. The highest BCUT2D eigenvalue weighted by Crippen LogP contribution is 2.20. The largest absolute Gasteiger partial charge is 0.354 e. The molecular weight excluding hydrogens is 433 g/mol. The minimum Gasteiger partial charge on any atom is -0.354 e. The van der Waals surface area contributed by atoms with Crippen LogP contribution in [0.3, 0.4) is 0 Å². The topological polar surface area (TPSA) is 68.8 Å². The number of likely N-dealkylation sites (tertiary alicyclic amines) is 1. The van der Waals surface area contributed by atoms with Crippen molar-refractivity contribution in [3.63, 3.8) is 0 Å². The Labute approximate surface area is 200 Å². The first-order chi connectivity index (χ1) is 16.6. The van der Waals surface area contributed by atoms with Crippen LogP contribution in [0.1, 0.15) is 36.0 Å². The number of nitrogens with zero attached hydrogens (tertiary/aromatic N) is 4. The number of amides is 2. The highest BCUT2D eigenvalue weighted by molar-refractivity contribution is 5.94. The van der Waals surface area contributed by atoms with E-state index in [2.05, 4.69) is 26.2 Å². The third kappa shape index (κ3) is 6.76. The van der Waals surface area contributed by atoms with Crippen LogP contribution in [-0.4, -0.2) is 79.0 Å². The zero-order chi connectivity index (χ0) is 23.8. The number of carbonyl (C=O) groups is 2. The molecule has 0 bridgehead atoms. The van der Waals surface area contributed by atoms with Crippen LogP contribution >= 0.6 is 0 Å². The average Bonchev–Trinajstić information content (AvgIpc) is 2.88. The van der Waals surface area contributed by atoms with Crippen molar-refractivity contribution in [1.29, 1.82) is 0 Å². The average molecular weight is 468 g/mol. The van der Waals surface area contributed by atoms with Gasteiger partial charge in [0.05, 0.1) is 0 Å². The molecule has 182 valence electrons. The Hall–Kier alpha value is -3.00. The van der Waals surface area contributed by atoms with Gasteiger partial charge in [-0.15, -0.1) is 0 Å². The second kappa shape index (κ2) is 11.9. The number of anilines is 1. The van der Waals surface area contributed by atoms with Crippen LogP contribution in [-0.2, 0) is 4.79 Å². The van der Waals surface area contributed by atoms with Crippen LogP contribution in [0.4, 0.5) is 10.2 Å². The third-order valence-electron chi connectivity index (χ3n) is 6.69. The van der Waals surface area contributed by atoms with E-state index in [1.807, 2.05) is 23.2 Å². The van der Waals surface area contributed by atoms with Crippen molar-refractivity contribution in [1.82, 2.24) is 20.1 Å². The summed E-state index contributed by atoms with van der Waals surface area (Å²) in [4.78, 5) is 36.1. The maximum Gasteiger partial charge on any atom is 0.251 e. The molecule has 4 rings (SSSR count). The molecule has 2 amide bonds. The van der Waals surface area contributed by atoms with Gasteiger partial charge in [-0.3, -0.25) is 14.5 Å².